The summed E-state index contributed by atoms with van der Waals surface area (Å²) in [6.45, 7) is 3.97. The van der Waals surface area contributed by atoms with Crippen molar-refractivity contribution >= 4 is 17.3 Å². The van der Waals surface area contributed by atoms with Gasteiger partial charge in [-0.25, -0.2) is 0 Å². The number of benzene rings is 2. The van der Waals surface area contributed by atoms with Gasteiger partial charge >= 0.3 is 0 Å². The van der Waals surface area contributed by atoms with Gasteiger partial charge in [0.15, 0.2) is 0 Å². The Bertz CT molecular complexity index is 566. The van der Waals surface area contributed by atoms with E-state index in [0.717, 1.165) is 17.8 Å². The van der Waals surface area contributed by atoms with Gasteiger partial charge in [-0.05, 0) is 43.2 Å². The lowest BCUT2D eigenvalue weighted by atomic mass is 10.1. The zero-order valence-corrected chi connectivity index (χ0v) is 11.9. The zero-order valence-electron chi connectivity index (χ0n) is 11.9. The minimum absolute atomic E-state index is 0.0434. The maximum Gasteiger partial charge on any atom is 0.246 e. The van der Waals surface area contributed by atoms with E-state index in [-0.39, 0.29) is 11.9 Å². The van der Waals surface area contributed by atoms with Crippen LogP contribution in [0.4, 0.5) is 11.4 Å². The second-order valence-electron chi connectivity index (χ2n) is 4.78. The fourth-order valence-electron chi connectivity index (χ4n) is 1.97. The number of para-hydroxylation sites is 1. The second-order valence-corrected chi connectivity index (χ2v) is 4.78. The molecule has 0 aliphatic rings. The quantitative estimate of drug-likeness (QED) is 0.868. The van der Waals surface area contributed by atoms with Crippen molar-refractivity contribution < 1.29 is 4.79 Å². The predicted octanol–water partition coefficient (Wildman–Crippen LogP) is 3.69. The summed E-state index contributed by atoms with van der Waals surface area (Å²) in [5.74, 6) is -0.0434. The highest BCUT2D eigenvalue weighted by Crippen LogP contribution is 2.13. The molecule has 0 aromatic heterocycles. The summed E-state index contributed by atoms with van der Waals surface area (Å²) in [5.41, 5.74) is 3.04. The van der Waals surface area contributed by atoms with E-state index in [1.54, 1.807) is 0 Å². The van der Waals surface area contributed by atoms with Crippen LogP contribution < -0.4 is 10.6 Å². The predicted molar refractivity (Wildman–Crippen MR) is 84.0 cm³/mol. The molecular formula is C17H20N2O. The topological polar surface area (TPSA) is 41.1 Å². The molecule has 20 heavy (non-hydrogen) atoms. The van der Waals surface area contributed by atoms with Crippen LogP contribution in [0.1, 0.15) is 19.4 Å². The van der Waals surface area contributed by atoms with Crippen molar-refractivity contribution in [3.05, 3.63) is 60.2 Å². The first kappa shape index (κ1) is 14.1. The number of rotatable bonds is 5. The number of carbonyl (C=O) groups is 1. The van der Waals surface area contributed by atoms with Crippen molar-refractivity contribution in [3.8, 4) is 0 Å². The molecule has 3 heteroatoms. The minimum atomic E-state index is -0.290. The molecule has 0 aliphatic carbocycles. The Morgan fingerprint density at radius 2 is 1.75 bits per heavy atom. The molecular weight excluding hydrogens is 248 g/mol. The number of carbonyl (C=O) groups excluding carboxylic acids is 1. The van der Waals surface area contributed by atoms with Gasteiger partial charge in [-0.2, -0.15) is 0 Å². The number of hydrogen-bond acceptors (Lipinski definition) is 2. The van der Waals surface area contributed by atoms with E-state index in [1.165, 1.54) is 5.56 Å². The van der Waals surface area contributed by atoms with E-state index in [9.17, 15) is 4.79 Å². The molecule has 104 valence electrons. The van der Waals surface area contributed by atoms with Crippen LogP contribution in [0.2, 0.25) is 0 Å². The van der Waals surface area contributed by atoms with E-state index in [2.05, 4.69) is 29.7 Å². The van der Waals surface area contributed by atoms with Crippen molar-refractivity contribution in [3.63, 3.8) is 0 Å². The van der Waals surface area contributed by atoms with Crippen molar-refractivity contribution in [2.45, 2.75) is 26.3 Å². The number of anilines is 2. The van der Waals surface area contributed by atoms with Gasteiger partial charge in [0.05, 0.1) is 0 Å². The molecule has 2 rings (SSSR count). The highest BCUT2D eigenvalue weighted by Gasteiger charge is 2.12. The summed E-state index contributed by atoms with van der Waals surface area (Å²) in [6, 6.07) is 17.3. The van der Waals surface area contributed by atoms with Crippen LogP contribution in [0, 0.1) is 0 Å². The summed E-state index contributed by atoms with van der Waals surface area (Å²) in [4.78, 5) is 12.1. The molecule has 1 amide bonds. The molecule has 1 atom stereocenters. The summed E-state index contributed by atoms with van der Waals surface area (Å²) in [7, 11) is 0. The number of nitrogens with one attached hydrogen (secondary N) is 2. The van der Waals surface area contributed by atoms with E-state index in [0.29, 0.717) is 0 Å². The molecule has 3 nitrogen and oxygen atoms in total. The number of amides is 1. The largest absolute Gasteiger partial charge is 0.374 e. The lowest BCUT2D eigenvalue weighted by Crippen LogP contribution is -2.31. The lowest BCUT2D eigenvalue weighted by molar-refractivity contribution is -0.116. The van der Waals surface area contributed by atoms with Crippen molar-refractivity contribution in [1.82, 2.24) is 0 Å². The molecule has 0 spiro atoms. The Labute approximate surface area is 120 Å². The third kappa shape index (κ3) is 3.85. The van der Waals surface area contributed by atoms with Crippen LogP contribution in [0.25, 0.3) is 0 Å². The molecule has 0 fully saturated rings. The first-order valence-corrected chi connectivity index (χ1v) is 6.90. The highest BCUT2D eigenvalue weighted by atomic mass is 16.2. The third-order valence-corrected chi connectivity index (χ3v) is 3.15. The summed E-state index contributed by atoms with van der Waals surface area (Å²) >= 11 is 0. The fourth-order valence-corrected chi connectivity index (χ4v) is 1.97. The average molecular weight is 268 g/mol. The van der Waals surface area contributed by atoms with E-state index in [4.69, 9.17) is 0 Å². The molecule has 0 bridgehead atoms. The molecule has 0 radical (unpaired) electrons. The molecule has 2 aromatic carbocycles. The van der Waals surface area contributed by atoms with Crippen molar-refractivity contribution in [1.29, 1.82) is 0 Å². The van der Waals surface area contributed by atoms with Crippen LogP contribution >= 0.6 is 0 Å². The smallest absolute Gasteiger partial charge is 0.246 e. The SMILES string of the molecule is CCc1cccc(NC(C)C(=O)Nc2ccccc2)c1. The van der Waals surface area contributed by atoms with Crippen molar-refractivity contribution in [2.24, 2.45) is 0 Å². The van der Waals surface area contributed by atoms with Gasteiger partial charge in [0.25, 0.3) is 0 Å². The van der Waals surface area contributed by atoms with E-state index < -0.39 is 0 Å². The van der Waals surface area contributed by atoms with E-state index in [1.807, 2.05) is 49.4 Å². The first-order valence-electron chi connectivity index (χ1n) is 6.90. The Kier molecular flexibility index (Phi) is 4.77. The first-order chi connectivity index (χ1) is 9.69. The van der Waals surface area contributed by atoms with Gasteiger partial charge in [-0.15, -0.1) is 0 Å². The maximum atomic E-state index is 12.1. The van der Waals surface area contributed by atoms with Crippen LogP contribution in [0.3, 0.4) is 0 Å². The maximum absolute atomic E-state index is 12.1. The summed E-state index contributed by atoms with van der Waals surface area (Å²) < 4.78 is 0. The highest BCUT2D eigenvalue weighted by molar-refractivity contribution is 5.96. The Morgan fingerprint density at radius 3 is 2.45 bits per heavy atom. The molecule has 1 unspecified atom stereocenters. The number of hydrogen-bond donors (Lipinski definition) is 2. The summed E-state index contributed by atoms with van der Waals surface area (Å²) in [5, 5.41) is 6.11. The fraction of sp³-hybridized carbons (Fsp3) is 0.235. The molecule has 0 saturated carbocycles. The van der Waals surface area contributed by atoms with E-state index >= 15 is 0 Å². The molecule has 0 aliphatic heterocycles. The molecule has 2 aromatic rings. The molecule has 0 heterocycles. The average Bonchev–Trinajstić information content (AvgIpc) is 2.48. The molecule has 0 saturated heterocycles. The third-order valence-electron chi connectivity index (χ3n) is 3.15. The zero-order chi connectivity index (χ0) is 14.4. The minimum Gasteiger partial charge on any atom is -0.374 e. The van der Waals surface area contributed by atoms with Gasteiger partial charge in [0, 0.05) is 11.4 Å². The van der Waals surface area contributed by atoms with Gasteiger partial charge in [-0.3, -0.25) is 4.79 Å². The van der Waals surface area contributed by atoms with Crippen LogP contribution in [0.5, 0.6) is 0 Å². The normalized spacial score (nSPS) is 11.7. The van der Waals surface area contributed by atoms with Gasteiger partial charge in [0.2, 0.25) is 5.91 Å². The summed E-state index contributed by atoms with van der Waals surface area (Å²) in [6.07, 6.45) is 0.986. The Morgan fingerprint density at radius 1 is 1.05 bits per heavy atom. The lowest BCUT2D eigenvalue weighted by Gasteiger charge is -2.15. The van der Waals surface area contributed by atoms with Crippen LogP contribution in [0.15, 0.2) is 54.6 Å². The van der Waals surface area contributed by atoms with Crippen LogP contribution in [-0.4, -0.2) is 11.9 Å². The monoisotopic (exact) mass is 268 g/mol. The van der Waals surface area contributed by atoms with Crippen molar-refractivity contribution in [2.75, 3.05) is 10.6 Å². The second kappa shape index (κ2) is 6.75. The van der Waals surface area contributed by atoms with Gasteiger partial charge in [-0.1, -0.05) is 37.3 Å². The van der Waals surface area contributed by atoms with Gasteiger partial charge < -0.3 is 10.6 Å². The number of aryl methyl sites for hydroxylation is 1. The van der Waals surface area contributed by atoms with Crippen LogP contribution in [-0.2, 0) is 11.2 Å². The molecule has 2 N–H and O–H groups in total. The Balaban J connectivity index is 1.97. The standard InChI is InChI=1S/C17H20N2O/c1-3-14-8-7-11-16(12-14)18-13(2)17(20)19-15-9-5-4-6-10-15/h4-13,18H,3H2,1-2H3,(H,19,20). The Hall–Kier alpha value is -2.29. The van der Waals surface area contributed by atoms with Gasteiger partial charge in [0.1, 0.15) is 6.04 Å².